The van der Waals surface area contributed by atoms with E-state index in [0.29, 0.717) is 11.5 Å². The maximum absolute atomic E-state index is 13.8. The van der Waals surface area contributed by atoms with Gasteiger partial charge in [-0.15, -0.1) is 0 Å². The van der Waals surface area contributed by atoms with Gasteiger partial charge in [0.2, 0.25) is 11.6 Å². The largest absolute Gasteiger partial charge is 0.490 e. The first-order chi connectivity index (χ1) is 16.2. The molecule has 2 aromatic rings. The highest BCUT2D eigenvalue weighted by molar-refractivity contribution is 5.94. The number of nitrogens with zero attached hydrogens (tertiary/aromatic N) is 3. The Balaban J connectivity index is 2.38. The van der Waals surface area contributed by atoms with Gasteiger partial charge in [0.1, 0.15) is 6.26 Å². The number of aromatic nitrogens is 1. The third kappa shape index (κ3) is 7.40. The van der Waals surface area contributed by atoms with E-state index in [0.717, 1.165) is 29.0 Å². The number of oxazole rings is 1. The summed E-state index contributed by atoms with van der Waals surface area (Å²) < 4.78 is 37.7. The Kier molecular flexibility index (Phi) is 9.73. The fraction of sp³-hybridized carbons (Fsp3) is 0.320. The van der Waals surface area contributed by atoms with Crippen LogP contribution in [0.2, 0.25) is 0 Å². The first kappa shape index (κ1) is 26.5. The van der Waals surface area contributed by atoms with Crippen molar-refractivity contribution in [2.45, 2.75) is 34.2 Å². The van der Waals surface area contributed by atoms with Crippen molar-refractivity contribution >= 4 is 18.2 Å². The van der Waals surface area contributed by atoms with Crippen LogP contribution in [0.1, 0.15) is 39.1 Å². The van der Waals surface area contributed by atoms with Gasteiger partial charge >= 0.3 is 5.91 Å². The summed E-state index contributed by atoms with van der Waals surface area (Å²) in [6.07, 6.45) is 6.46. The van der Waals surface area contributed by atoms with Crippen LogP contribution < -0.4 is 5.32 Å². The molecule has 34 heavy (non-hydrogen) atoms. The molecule has 2 rings (SSSR count). The van der Waals surface area contributed by atoms with E-state index in [-0.39, 0.29) is 24.9 Å². The molecule has 9 heteroatoms. The highest BCUT2D eigenvalue weighted by Gasteiger charge is 2.14. The maximum Gasteiger partial charge on any atom is 0.312 e. The van der Waals surface area contributed by atoms with Crippen LogP contribution >= 0.6 is 0 Å². The molecule has 0 radical (unpaired) electrons. The quantitative estimate of drug-likeness (QED) is 0.162. The normalized spacial score (nSPS) is 12.9. The molecule has 1 N–H and O–H groups in total. The second-order valence-electron chi connectivity index (χ2n) is 7.91. The van der Waals surface area contributed by atoms with E-state index in [4.69, 9.17) is 9.15 Å². The number of halogens is 2. The topological polar surface area (TPSA) is 80.0 Å². The second kappa shape index (κ2) is 12.5. The van der Waals surface area contributed by atoms with Gasteiger partial charge in [-0.3, -0.25) is 4.79 Å². The molecule has 0 aliphatic carbocycles. The van der Waals surface area contributed by atoms with E-state index < -0.39 is 17.5 Å². The molecular formula is C25H30F2N4O3. The van der Waals surface area contributed by atoms with Crippen molar-refractivity contribution in [3.63, 3.8) is 0 Å². The second-order valence-corrected chi connectivity index (χ2v) is 7.91. The molecule has 0 saturated carbocycles. The van der Waals surface area contributed by atoms with Crippen LogP contribution in [0.4, 0.5) is 8.78 Å². The minimum absolute atomic E-state index is 0.0444. The van der Waals surface area contributed by atoms with Crippen LogP contribution in [-0.4, -0.2) is 36.3 Å². The number of aliphatic imine (C=N–C) groups is 1. The summed E-state index contributed by atoms with van der Waals surface area (Å²) in [6, 6.07) is 3.64. The van der Waals surface area contributed by atoms with Gasteiger partial charge < -0.3 is 19.4 Å². The van der Waals surface area contributed by atoms with Crippen LogP contribution in [0, 0.1) is 17.6 Å². The molecule has 0 spiro atoms. The van der Waals surface area contributed by atoms with E-state index in [9.17, 15) is 13.6 Å². The average molecular weight is 473 g/mol. The van der Waals surface area contributed by atoms with Crippen molar-refractivity contribution in [1.82, 2.24) is 15.2 Å². The van der Waals surface area contributed by atoms with Crippen LogP contribution in [-0.2, 0) is 16.1 Å². The van der Waals surface area contributed by atoms with E-state index in [1.807, 2.05) is 19.9 Å². The fourth-order valence-corrected chi connectivity index (χ4v) is 2.96. The molecule has 0 atom stereocenters. The number of nitrogens with one attached hydrogen (secondary N) is 1. The minimum Gasteiger partial charge on any atom is -0.490 e. The SMILES string of the molecule is C=NC(=O)/C(=C\N(CNC(/C=C(\C)c1ncco1)=C(\C)C(C)C)Cc1ccc(F)c(F)c1)OC. The van der Waals surface area contributed by atoms with Crippen molar-refractivity contribution in [3.05, 3.63) is 83.1 Å². The number of carbonyl (C=O) groups excluding carboxylic acids is 1. The highest BCUT2D eigenvalue weighted by Crippen LogP contribution is 2.19. The molecule has 7 nitrogen and oxygen atoms in total. The molecule has 182 valence electrons. The lowest BCUT2D eigenvalue weighted by Gasteiger charge is -2.24. The monoisotopic (exact) mass is 472 g/mol. The van der Waals surface area contributed by atoms with Gasteiger partial charge in [-0.25, -0.2) is 18.8 Å². The van der Waals surface area contributed by atoms with Crippen molar-refractivity contribution in [2.24, 2.45) is 10.9 Å². The van der Waals surface area contributed by atoms with Crippen LogP contribution in [0.3, 0.4) is 0 Å². The van der Waals surface area contributed by atoms with Gasteiger partial charge in [-0.05, 0) is 55.8 Å². The first-order valence-corrected chi connectivity index (χ1v) is 10.6. The summed E-state index contributed by atoms with van der Waals surface area (Å²) in [5.41, 5.74) is 3.24. The van der Waals surface area contributed by atoms with E-state index >= 15 is 0 Å². The van der Waals surface area contributed by atoms with E-state index in [2.05, 4.69) is 35.9 Å². The Bertz CT molecular complexity index is 1090. The summed E-state index contributed by atoms with van der Waals surface area (Å²) in [5.74, 6) is -1.84. The molecule has 0 aliphatic rings. The van der Waals surface area contributed by atoms with Crippen LogP contribution in [0.25, 0.3) is 5.57 Å². The van der Waals surface area contributed by atoms with Crippen molar-refractivity contribution < 1.29 is 22.7 Å². The molecule has 0 bridgehead atoms. The Morgan fingerprint density at radius 1 is 1.32 bits per heavy atom. The lowest BCUT2D eigenvalue weighted by molar-refractivity contribution is -0.117. The zero-order chi connectivity index (χ0) is 25.3. The van der Waals surface area contributed by atoms with Gasteiger partial charge in [-0.1, -0.05) is 19.9 Å². The third-order valence-corrected chi connectivity index (χ3v) is 5.14. The molecular weight excluding hydrogens is 442 g/mol. The third-order valence-electron chi connectivity index (χ3n) is 5.14. The van der Waals surface area contributed by atoms with Gasteiger partial charge in [0.05, 0.1) is 20.0 Å². The number of ether oxygens (including phenoxy) is 1. The van der Waals surface area contributed by atoms with E-state index in [1.54, 1.807) is 11.1 Å². The Hall–Kier alpha value is -3.75. The summed E-state index contributed by atoms with van der Waals surface area (Å²) in [7, 11) is 1.34. The molecule has 0 saturated heterocycles. The number of carbonyl (C=O) groups is 1. The van der Waals surface area contributed by atoms with Crippen LogP contribution in [0.15, 0.2) is 69.4 Å². The average Bonchev–Trinajstić information content (AvgIpc) is 3.36. The molecule has 1 aromatic carbocycles. The lowest BCUT2D eigenvalue weighted by Crippen LogP contribution is -2.31. The Morgan fingerprint density at radius 3 is 2.62 bits per heavy atom. The molecule has 0 aliphatic heterocycles. The number of rotatable bonds is 11. The number of benzene rings is 1. The lowest BCUT2D eigenvalue weighted by atomic mass is 10.0. The number of allylic oxidation sites excluding steroid dienone is 3. The van der Waals surface area contributed by atoms with Crippen molar-refractivity contribution in [2.75, 3.05) is 13.8 Å². The summed E-state index contributed by atoms with van der Waals surface area (Å²) in [5, 5.41) is 3.36. The number of hydrogen-bond acceptors (Lipinski definition) is 6. The van der Waals surface area contributed by atoms with E-state index in [1.165, 1.54) is 25.6 Å². The molecule has 0 unspecified atom stereocenters. The molecule has 0 fully saturated rings. The molecule has 1 amide bonds. The number of methoxy groups -OCH3 is 1. The van der Waals surface area contributed by atoms with Crippen LogP contribution in [0.5, 0.6) is 0 Å². The smallest absolute Gasteiger partial charge is 0.312 e. The number of amides is 1. The van der Waals surface area contributed by atoms with Gasteiger partial charge in [0.15, 0.2) is 11.6 Å². The van der Waals surface area contributed by atoms with Crippen molar-refractivity contribution in [3.8, 4) is 0 Å². The highest BCUT2D eigenvalue weighted by atomic mass is 19.2. The standard InChI is InChI=1S/C25H30F2N4O3/c1-16(2)18(4)22(11-17(3)25-29-9-10-34-25)30-15-31(14-23(33-6)24(32)28-5)13-19-7-8-20(26)21(27)12-19/h7-12,14,16,30H,5,13,15H2,1-4,6H3/b17-11+,22-18+,23-14+. The van der Waals surface area contributed by atoms with Gasteiger partial charge in [0.25, 0.3) is 0 Å². The van der Waals surface area contributed by atoms with Gasteiger partial charge in [-0.2, -0.15) is 0 Å². The Morgan fingerprint density at radius 2 is 2.06 bits per heavy atom. The first-order valence-electron chi connectivity index (χ1n) is 10.6. The zero-order valence-electron chi connectivity index (χ0n) is 20.1. The predicted molar refractivity (Wildman–Crippen MR) is 127 cm³/mol. The maximum atomic E-state index is 13.8. The van der Waals surface area contributed by atoms with Gasteiger partial charge in [0, 0.05) is 24.0 Å². The zero-order valence-corrected chi connectivity index (χ0v) is 20.1. The minimum atomic E-state index is -0.953. The Labute approximate surface area is 198 Å². The summed E-state index contributed by atoms with van der Waals surface area (Å²) in [6.45, 7) is 11.7. The molecule has 1 aromatic heterocycles. The summed E-state index contributed by atoms with van der Waals surface area (Å²) in [4.78, 5) is 21.3. The number of hydrogen-bond donors (Lipinski definition) is 1. The molecule has 1 heterocycles. The fourth-order valence-electron chi connectivity index (χ4n) is 2.96. The predicted octanol–water partition coefficient (Wildman–Crippen LogP) is 5.05. The van der Waals surface area contributed by atoms with Crippen molar-refractivity contribution in [1.29, 1.82) is 0 Å². The summed E-state index contributed by atoms with van der Waals surface area (Å²) >= 11 is 0.